The van der Waals surface area contributed by atoms with Gasteiger partial charge in [0.1, 0.15) is 0 Å². The number of halogens is 2. The van der Waals surface area contributed by atoms with Crippen LogP contribution in [0.5, 0.6) is 0 Å². The first kappa shape index (κ1) is 14.9. The van der Waals surface area contributed by atoms with Crippen molar-refractivity contribution in [3.63, 3.8) is 0 Å². The van der Waals surface area contributed by atoms with Gasteiger partial charge in [-0.05, 0) is 35.9 Å². The molecule has 0 aromatic heterocycles. The SMILES string of the molecule is CN(Cc1cccc(Br)c1)C(=O)c1ccc(Cl)cc1N. The van der Waals surface area contributed by atoms with Gasteiger partial charge in [-0.3, -0.25) is 4.79 Å². The minimum absolute atomic E-state index is 0.126. The van der Waals surface area contributed by atoms with Crippen LogP contribution in [-0.4, -0.2) is 17.9 Å². The topological polar surface area (TPSA) is 46.3 Å². The van der Waals surface area contributed by atoms with Crippen LogP contribution < -0.4 is 5.73 Å². The van der Waals surface area contributed by atoms with E-state index in [9.17, 15) is 4.79 Å². The summed E-state index contributed by atoms with van der Waals surface area (Å²) in [6.07, 6.45) is 0. The Hall–Kier alpha value is -1.52. The fraction of sp³-hybridized carbons (Fsp3) is 0.133. The summed E-state index contributed by atoms with van der Waals surface area (Å²) in [5.41, 5.74) is 7.74. The number of amides is 1. The van der Waals surface area contributed by atoms with E-state index in [-0.39, 0.29) is 5.91 Å². The number of rotatable bonds is 3. The average Bonchev–Trinajstić information content (AvgIpc) is 2.38. The molecule has 3 nitrogen and oxygen atoms in total. The van der Waals surface area contributed by atoms with Crippen molar-refractivity contribution in [2.45, 2.75) is 6.54 Å². The Labute approximate surface area is 131 Å². The number of carbonyl (C=O) groups is 1. The van der Waals surface area contributed by atoms with Gasteiger partial charge in [0.05, 0.1) is 5.56 Å². The third-order valence-corrected chi connectivity index (χ3v) is 3.63. The van der Waals surface area contributed by atoms with E-state index < -0.39 is 0 Å². The Morgan fingerprint density at radius 2 is 2.05 bits per heavy atom. The summed E-state index contributed by atoms with van der Waals surface area (Å²) < 4.78 is 0.988. The lowest BCUT2D eigenvalue weighted by Gasteiger charge is -2.18. The molecule has 2 rings (SSSR count). The number of nitrogens with zero attached hydrogens (tertiary/aromatic N) is 1. The van der Waals surface area contributed by atoms with Crippen LogP contribution in [0.3, 0.4) is 0 Å². The summed E-state index contributed by atoms with van der Waals surface area (Å²) in [6, 6.07) is 12.7. The van der Waals surface area contributed by atoms with Gasteiger partial charge in [-0.15, -0.1) is 0 Å². The largest absolute Gasteiger partial charge is 0.398 e. The highest BCUT2D eigenvalue weighted by Gasteiger charge is 2.15. The fourth-order valence-electron chi connectivity index (χ4n) is 1.91. The van der Waals surface area contributed by atoms with Crippen molar-refractivity contribution >= 4 is 39.1 Å². The molecular formula is C15H14BrClN2O. The van der Waals surface area contributed by atoms with E-state index >= 15 is 0 Å². The third-order valence-electron chi connectivity index (χ3n) is 2.90. The molecule has 0 radical (unpaired) electrons. The summed E-state index contributed by atoms with van der Waals surface area (Å²) in [6.45, 7) is 0.514. The molecule has 104 valence electrons. The summed E-state index contributed by atoms with van der Waals surface area (Å²) in [5, 5.41) is 0.522. The molecule has 1 amide bonds. The molecule has 2 aromatic rings. The van der Waals surface area contributed by atoms with Gasteiger partial charge < -0.3 is 10.6 Å². The lowest BCUT2D eigenvalue weighted by Crippen LogP contribution is -2.26. The van der Waals surface area contributed by atoms with Gasteiger partial charge in [-0.2, -0.15) is 0 Å². The summed E-state index contributed by atoms with van der Waals surface area (Å²) in [4.78, 5) is 14.0. The van der Waals surface area contributed by atoms with E-state index in [4.69, 9.17) is 17.3 Å². The van der Waals surface area contributed by atoms with Crippen molar-refractivity contribution in [2.75, 3.05) is 12.8 Å². The van der Waals surface area contributed by atoms with Crippen LogP contribution >= 0.6 is 27.5 Å². The average molecular weight is 354 g/mol. The maximum Gasteiger partial charge on any atom is 0.255 e. The molecule has 5 heteroatoms. The van der Waals surface area contributed by atoms with Crippen LogP contribution in [0, 0.1) is 0 Å². The zero-order valence-electron chi connectivity index (χ0n) is 10.9. The van der Waals surface area contributed by atoms with Gasteiger partial charge in [0.25, 0.3) is 5.91 Å². The highest BCUT2D eigenvalue weighted by molar-refractivity contribution is 9.10. The number of hydrogen-bond acceptors (Lipinski definition) is 2. The van der Waals surface area contributed by atoms with Gasteiger partial charge in [-0.1, -0.05) is 39.7 Å². The van der Waals surface area contributed by atoms with Gasteiger partial charge in [0.2, 0.25) is 0 Å². The predicted octanol–water partition coefficient (Wildman–Crippen LogP) is 3.96. The highest BCUT2D eigenvalue weighted by atomic mass is 79.9. The van der Waals surface area contributed by atoms with Crippen molar-refractivity contribution < 1.29 is 4.79 Å². The first-order chi connectivity index (χ1) is 9.47. The Balaban J connectivity index is 2.16. The molecule has 0 heterocycles. The van der Waals surface area contributed by atoms with Gasteiger partial charge >= 0.3 is 0 Å². The maximum atomic E-state index is 12.4. The van der Waals surface area contributed by atoms with E-state index in [0.29, 0.717) is 22.8 Å². The molecule has 0 bridgehead atoms. The first-order valence-corrected chi connectivity index (χ1v) is 7.19. The molecule has 0 aliphatic carbocycles. The second kappa shape index (κ2) is 6.29. The first-order valence-electron chi connectivity index (χ1n) is 6.02. The summed E-state index contributed by atoms with van der Waals surface area (Å²) >= 11 is 9.25. The molecule has 2 N–H and O–H groups in total. The number of hydrogen-bond donors (Lipinski definition) is 1. The number of anilines is 1. The van der Waals surface area contributed by atoms with Crippen LogP contribution in [0.15, 0.2) is 46.9 Å². The molecule has 0 fully saturated rings. The quantitative estimate of drug-likeness (QED) is 0.849. The summed E-state index contributed by atoms with van der Waals surface area (Å²) in [7, 11) is 1.75. The van der Waals surface area contributed by atoms with Crippen LogP contribution in [0.2, 0.25) is 5.02 Å². The van der Waals surface area contributed by atoms with E-state index in [1.807, 2.05) is 24.3 Å². The standard InChI is InChI=1S/C15H14BrClN2O/c1-19(9-10-3-2-4-11(16)7-10)15(20)13-6-5-12(17)8-14(13)18/h2-8H,9,18H2,1H3. The van der Waals surface area contributed by atoms with Gasteiger partial charge in [0, 0.05) is 28.8 Å². The molecule has 0 aliphatic rings. The molecule has 0 atom stereocenters. The molecule has 0 saturated carbocycles. The Kier molecular flexibility index (Phi) is 4.68. The number of nitrogens with two attached hydrogens (primary N) is 1. The van der Waals surface area contributed by atoms with E-state index in [1.165, 1.54) is 0 Å². The smallest absolute Gasteiger partial charge is 0.255 e. The zero-order chi connectivity index (χ0) is 14.7. The zero-order valence-corrected chi connectivity index (χ0v) is 13.3. The van der Waals surface area contributed by atoms with Crippen molar-refractivity contribution in [3.05, 3.63) is 63.1 Å². The van der Waals surface area contributed by atoms with Gasteiger partial charge in [0.15, 0.2) is 0 Å². The van der Waals surface area contributed by atoms with Gasteiger partial charge in [-0.25, -0.2) is 0 Å². The number of nitrogen functional groups attached to an aromatic ring is 1. The van der Waals surface area contributed by atoms with E-state index in [1.54, 1.807) is 30.1 Å². The molecular weight excluding hydrogens is 340 g/mol. The Morgan fingerprint density at radius 3 is 2.70 bits per heavy atom. The number of benzene rings is 2. The molecule has 20 heavy (non-hydrogen) atoms. The minimum atomic E-state index is -0.126. The number of carbonyl (C=O) groups excluding carboxylic acids is 1. The van der Waals surface area contributed by atoms with Crippen LogP contribution in [0.1, 0.15) is 15.9 Å². The molecule has 0 unspecified atom stereocenters. The molecule has 0 saturated heterocycles. The van der Waals surface area contributed by atoms with E-state index in [2.05, 4.69) is 15.9 Å². The molecule has 0 spiro atoms. The van der Waals surface area contributed by atoms with Crippen LogP contribution in [0.25, 0.3) is 0 Å². The fourth-order valence-corrected chi connectivity index (χ4v) is 2.54. The summed E-state index contributed by atoms with van der Waals surface area (Å²) in [5.74, 6) is -0.126. The molecule has 2 aromatic carbocycles. The minimum Gasteiger partial charge on any atom is -0.398 e. The van der Waals surface area contributed by atoms with Crippen molar-refractivity contribution in [1.82, 2.24) is 4.90 Å². The van der Waals surface area contributed by atoms with Crippen molar-refractivity contribution in [2.24, 2.45) is 0 Å². The van der Waals surface area contributed by atoms with Crippen LogP contribution in [-0.2, 0) is 6.54 Å². The van der Waals surface area contributed by atoms with Crippen molar-refractivity contribution in [3.8, 4) is 0 Å². The normalized spacial score (nSPS) is 10.3. The monoisotopic (exact) mass is 352 g/mol. The second-order valence-electron chi connectivity index (χ2n) is 4.52. The highest BCUT2D eigenvalue weighted by Crippen LogP contribution is 2.20. The molecule has 0 aliphatic heterocycles. The Bertz CT molecular complexity index is 646. The van der Waals surface area contributed by atoms with Crippen LogP contribution in [0.4, 0.5) is 5.69 Å². The third kappa shape index (κ3) is 3.52. The lowest BCUT2D eigenvalue weighted by molar-refractivity contribution is 0.0786. The second-order valence-corrected chi connectivity index (χ2v) is 5.87. The maximum absolute atomic E-state index is 12.4. The Morgan fingerprint density at radius 1 is 1.30 bits per heavy atom. The van der Waals surface area contributed by atoms with Crippen molar-refractivity contribution in [1.29, 1.82) is 0 Å². The lowest BCUT2D eigenvalue weighted by atomic mass is 10.1. The van der Waals surface area contributed by atoms with E-state index in [0.717, 1.165) is 10.0 Å². The predicted molar refractivity (Wildman–Crippen MR) is 85.8 cm³/mol.